The van der Waals surface area contributed by atoms with Crippen molar-refractivity contribution in [3.63, 3.8) is 0 Å². The van der Waals surface area contributed by atoms with Crippen LogP contribution >= 0.6 is 0 Å². The summed E-state index contributed by atoms with van der Waals surface area (Å²) in [7, 11) is 2.12. The zero-order valence-corrected chi connectivity index (χ0v) is 22.2. The number of rotatable bonds is 9. The van der Waals surface area contributed by atoms with E-state index in [4.69, 9.17) is 4.74 Å². The van der Waals surface area contributed by atoms with Gasteiger partial charge in [-0.25, -0.2) is 4.98 Å². The smallest absolute Gasteiger partial charge is 0.256 e. The highest BCUT2D eigenvalue weighted by molar-refractivity contribution is 5.99. The fourth-order valence-electron chi connectivity index (χ4n) is 4.44. The number of amides is 1. The number of benzene rings is 2. The molecule has 39 heavy (non-hydrogen) atoms. The van der Waals surface area contributed by atoms with E-state index in [1.165, 1.54) is 6.20 Å². The van der Waals surface area contributed by atoms with Gasteiger partial charge in [0.25, 0.3) is 5.91 Å². The molecule has 2 aromatic heterocycles. The van der Waals surface area contributed by atoms with Crippen LogP contribution < -0.4 is 20.7 Å². The minimum atomic E-state index is -0.267. The third-order valence-electron chi connectivity index (χ3n) is 6.52. The van der Waals surface area contributed by atoms with Gasteiger partial charge in [-0.1, -0.05) is 48.5 Å². The first-order valence-electron chi connectivity index (χ1n) is 13.2. The van der Waals surface area contributed by atoms with Crippen LogP contribution in [0.25, 0.3) is 11.1 Å². The van der Waals surface area contributed by atoms with E-state index in [0.29, 0.717) is 35.6 Å². The highest BCUT2D eigenvalue weighted by atomic mass is 16.5. The van der Waals surface area contributed by atoms with Crippen molar-refractivity contribution in [2.24, 2.45) is 0 Å². The predicted octanol–water partition coefficient (Wildman–Crippen LogP) is 5.25. The van der Waals surface area contributed by atoms with Crippen molar-refractivity contribution >= 4 is 29.2 Å². The molecule has 0 unspecified atom stereocenters. The molecule has 1 saturated heterocycles. The van der Waals surface area contributed by atoms with Crippen LogP contribution in [0, 0.1) is 0 Å². The number of pyridine rings is 1. The maximum absolute atomic E-state index is 12.8. The second-order valence-electron chi connectivity index (χ2n) is 9.49. The van der Waals surface area contributed by atoms with Crippen LogP contribution in [0.2, 0.25) is 0 Å². The number of anilines is 4. The van der Waals surface area contributed by atoms with Gasteiger partial charge in [0.05, 0.1) is 0 Å². The number of hydrogen-bond donors (Lipinski definition) is 3. The first-order chi connectivity index (χ1) is 19.1. The zero-order chi connectivity index (χ0) is 27.0. The SMILES string of the molecule is CCNC(=O)c1cnc(Nc2cccc(-c3ccccc3)c2)nc1Nc1cccc(OC2CCN(C)CC2)n1. The fraction of sp³-hybridized carbons (Fsp3) is 0.267. The molecule has 3 N–H and O–H groups in total. The summed E-state index contributed by atoms with van der Waals surface area (Å²) in [4.78, 5) is 28.8. The van der Waals surface area contributed by atoms with Gasteiger partial charge in [-0.3, -0.25) is 4.79 Å². The second kappa shape index (κ2) is 12.4. The maximum atomic E-state index is 12.8. The molecular weight excluding hydrogens is 490 g/mol. The molecule has 4 aromatic rings. The zero-order valence-electron chi connectivity index (χ0n) is 22.2. The summed E-state index contributed by atoms with van der Waals surface area (Å²) in [6.07, 6.45) is 3.58. The molecule has 2 aromatic carbocycles. The Morgan fingerprint density at radius 2 is 1.72 bits per heavy atom. The van der Waals surface area contributed by atoms with E-state index in [2.05, 4.69) is 61.0 Å². The fourth-order valence-corrected chi connectivity index (χ4v) is 4.44. The molecule has 1 amide bonds. The Hall–Kier alpha value is -4.50. The van der Waals surface area contributed by atoms with Crippen molar-refractivity contribution in [3.05, 3.63) is 84.6 Å². The van der Waals surface area contributed by atoms with Crippen LogP contribution in [-0.2, 0) is 0 Å². The Morgan fingerprint density at radius 1 is 0.949 bits per heavy atom. The Bertz CT molecular complexity index is 1410. The maximum Gasteiger partial charge on any atom is 0.256 e. The van der Waals surface area contributed by atoms with E-state index in [1.807, 2.05) is 61.5 Å². The second-order valence-corrected chi connectivity index (χ2v) is 9.49. The Kier molecular flexibility index (Phi) is 8.28. The third kappa shape index (κ3) is 6.88. The summed E-state index contributed by atoms with van der Waals surface area (Å²) in [6.45, 7) is 4.36. The molecule has 9 heteroatoms. The van der Waals surface area contributed by atoms with Crippen LogP contribution in [0.3, 0.4) is 0 Å². The summed E-state index contributed by atoms with van der Waals surface area (Å²) in [5.41, 5.74) is 3.34. The van der Waals surface area contributed by atoms with E-state index in [-0.39, 0.29) is 12.0 Å². The van der Waals surface area contributed by atoms with Gasteiger partial charge in [-0.2, -0.15) is 9.97 Å². The van der Waals surface area contributed by atoms with Crippen LogP contribution in [0.5, 0.6) is 5.88 Å². The van der Waals surface area contributed by atoms with Gasteiger partial charge >= 0.3 is 0 Å². The minimum Gasteiger partial charge on any atom is -0.474 e. The first-order valence-corrected chi connectivity index (χ1v) is 13.2. The van der Waals surface area contributed by atoms with E-state index in [9.17, 15) is 4.79 Å². The molecule has 200 valence electrons. The standard InChI is InChI=1S/C30H33N7O2/c1-3-31-29(38)25-20-32-30(33-23-12-7-11-22(19-23)21-9-5-4-6-10-21)36-28(25)35-26-13-8-14-27(34-26)39-24-15-17-37(2)18-16-24/h4-14,19-20,24H,3,15-18H2,1-2H3,(H,31,38)(H2,32,33,34,35,36). The Balaban J connectivity index is 1.37. The molecule has 0 bridgehead atoms. The molecule has 0 atom stereocenters. The monoisotopic (exact) mass is 523 g/mol. The molecule has 0 radical (unpaired) electrons. The average Bonchev–Trinajstić information content (AvgIpc) is 2.95. The summed E-state index contributed by atoms with van der Waals surface area (Å²) in [5.74, 6) is 1.51. The van der Waals surface area contributed by atoms with Crippen LogP contribution in [0.15, 0.2) is 79.0 Å². The topological polar surface area (TPSA) is 104 Å². The van der Waals surface area contributed by atoms with Crippen molar-refractivity contribution in [1.29, 1.82) is 0 Å². The predicted molar refractivity (Wildman–Crippen MR) is 154 cm³/mol. The molecule has 0 spiro atoms. The van der Waals surface area contributed by atoms with Gasteiger partial charge in [0.15, 0.2) is 0 Å². The van der Waals surface area contributed by atoms with Crippen LogP contribution in [-0.4, -0.2) is 58.5 Å². The quantitative estimate of drug-likeness (QED) is 0.273. The summed E-state index contributed by atoms with van der Waals surface area (Å²) >= 11 is 0. The Morgan fingerprint density at radius 3 is 2.51 bits per heavy atom. The van der Waals surface area contributed by atoms with Gasteiger partial charge < -0.3 is 25.6 Å². The summed E-state index contributed by atoms with van der Waals surface area (Å²) < 4.78 is 6.15. The van der Waals surface area contributed by atoms with Crippen LogP contribution in [0.1, 0.15) is 30.1 Å². The lowest BCUT2D eigenvalue weighted by molar-refractivity contribution is 0.0956. The third-order valence-corrected chi connectivity index (χ3v) is 6.52. The number of piperidine rings is 1. The summed E-state index contributed by atoms with van der Waals surface area (Å²) in [5, 5.41) is 9.30. The number of nitrogens with one attached hydrogen (secondary N) is 3. The number of carbonyl (C=O) groups is 1. The highest BCUT2D eigenvalue weighted by Crippen LogP contribution is 2.26. The van der Waals surface area contributed by atoms with Gasteiger partial charge in [0.1, 0.15) is 23.3 Å². The van der Waals surface area contributed by atoms with Gasteiger partial charge in [0.2, 0.25) is 11.8 Å². The van der Waals surface area contributed by atoms with Crippen molar-refractivity contribution in [1.82, 2.24) is 25.2 Å². The molecule has 0 aliphatic carbocycles. The average molecular weight is 524 g/mol. The first kappa shape index (κ1) is 26.1. The van der Waals surface area contributed by atoms with Gasteiger partial charge in [-0.05, 0) is 56.1 Å². The molecule has 9 nitrogen and oxygen atoms in total. The van der Waals surface area contributed by atoms with Gasteiger partial charge in [0, 0.05) is 37.6 Å². The molecule has 1 aliphatic rings. The number of hydrogen-bond acceptors (Lipinski definition) is 8. The molecular formula is C30H33N7O2. The number of likely N-dealkylation sites (tertiary alicyclic amines) is 1. The van der Waals surface area contributed by atoms with E-state index in [0.717, 1.165) is 42.7 Å². The van der Waals surface area contributed by atoms with Crippen molar-refractivity contribution in [3.8, 4) is 17.0 Å². The summed E-state index contributed by atoms with van der Waals surface area (Å²) in [6, 6.07) is 23.7. The van der Waals surface area contributed by atoms with Crippen molar-refractivity contribution in [2.75, 3.05) is 37.3 Å². The number of ether oxygens (including phenoxy) is 1. The lowest BCUT2D eigenvalue weighted by Gasteiger charge is -2.29. The molecule has 1 fully saturated rings. The number of carbonyl (C=O) groups excluding carboxylic acids is 1. The number of aromatic nitrogens is 3. The Labute approximate surface area is 228 Å². The normalized spacial score (nSPS) is 14.0. The molecule has 0 saturated carbocycles. The van der Waals surface area contributed by atoms with E-state index >= 15 is 0 Å². The minimum absolute atomic E-state index is 0.136. The van der Waals surface area contributed by atoms with E-state index < -0.39 is 0 Å². The van der Waals surface area contributed by atoms with Crippen molar-refractivity contribution in [2.45, 2.75) is 25.9 Å². The van der Waals surface area contributed by atoms with Crippen molar-refractivity contribution < 1.29 is 9.53 Å². The van der Waals surface area contributed by atoms with E-state index in [1.54, 1.807) is 0 Å². The largest absolute Gasteiger partial charge is 0.474 e. The lowest BCUT2D eigenvalue weighted by atomic mass is 10.1. The number of nitrogens with zero attached hydrogens (tertiary/aromatic N) is 4. The van der Waals surface area contributed by atoms with Gasteiger partial charge in [-0.15, -0.1) is 0 Å². The van der Waals surface area contributed by atoms with Crippen LogP contribution in [0.4, 0.5) is 23.3 Å². The lowest BCUT2D eigenvalue weighted by Crippen LogP contribution is -2.35. The molecule has 1 aliphatic heterocycles. The molecule has 5 rings (SSSR count). The highest BCUT2D eigenvalue weighted by Gasteiger charge is 2.19. The molecule has 3 heterocycles.